The maximum atomic E-state index is 8.76. The summed E-state index contributed by atoms with van der Waals surface area (Å²) in [7, 11) is 0. The molecule has 1 aromatic carbocycles. The Morgan fingerprint density at radius 1 is 1.00 bits per heavy atom. The van der Waals surface area contributed by atoms with Crippen molar-refractivity contribution in [1.82, 2.24) is 0 Å². The van der Waals surface area contributed by atoms with Crippen LogP contribution in [-0.4, -0.2) is 0 Å². The molecule has 1 nitrogen and oxygen atoms in total. The van der Waals surface area contributed by atoms with Crippen molar-refractivity contribution in [2.75, 3.05) is 0 Å². The van der Waals surface area contributed by atoms with E-state index in [4.69, 9.17) is 5.26 Å². The maximum Gasteiger partial charge on any atom is 0.0991 e. The van der Waals surface area contributed by atoms with E-state index in [1.165, 1.54) is 37.7 Å². The van der Waals surface area contributed by atoms with Crippen molar-refractivity contribution in [1.29, 1.82) is 5.26 Å². The minimum atomic E-state index is 0.755. The number of nitriles is 1. The van der Waals surface area contributed by atoms with Crippen LogP contribution >= 0.6 is 0 Å². The zero-order chi connectivity index (χ0) is 14.1. The first-order valence-corrected chi connectivity index (χ1v) is 7.66. The van der Waals surface area contributed by atoms with Gasteiger partial charge in [-0.15, -0.1) is 0 Å². The van der Waals surface area contributed by atoms with Crippen molar-refractivity contribution in [2.45, 2.75) is 59.3 Å². The van der Waals surface area contributed by atoms with Crippen LogP contribution in [0, 0.1) is 23.2 Å². The third kappa shape index (κ3) is 5.92. The van der Waals surface area contributed by atoms with Crippen LogP contribution in [0.15, 0.2) is 24.3 Å². The second kappa shape index (κ2) is 8.75. The second-order valence-corrected chi connectivity index (χ2v) is 5.80. The van der Waals surface area contributed by atoms with Gasteiger partial charge in [0.2, 0.25) is 0 Å². The lowest BCUT2D eigenvalue weighted by atomic mass is 9.87. The predicted octanol–water partition coefficient (Wildman–Crippen LogP) is 5.34. The van der Waals surface area contributed by atoms with Gasteiger partial charge in [-0.25, -0.2) is 0 Å². The van der Waals surface area contributed by atoms with Crippen LogP contribution in [0.2, 0.25) is 0 Å². The third-order valence-corrected chi connectivity index (χ3v) is 4.19. The molecule has 1 heteroatoms. The van der Waals surface area contributed by atoms with Gasteiger partial charge in [0.05, 0.1) is 11.6 Å². The molecule has 0 aliphatic rings. The molecule has 0 bridgehead atoms. The van der Waals surface area contributed by atoms with Gasteiger partial charge in [-0.2, -0.15) is 5.26 Å². The summed E-state index contributed by atoms with van der Waals surface area (Å²) in [5, 5.41) is 8.76. The van der Waals surface area contributed by atoms with Gasteiger partial charge in [-0.3, -0.25) is 0 Å². The van der Waals surface area contributed by atoms with Crippen LogP contribution in [0.1, 0.15) is 64.0 Å². The molecule has 1 rings (SSSR count). The minimum absolute atomic E-state index is 0.755. The molecule has 0 amide bonds. The summed E-state index contributed by atoms with van der Waals surface area (Å²) in [5.74, 6) is 1.67. The number of unbranched alkanes of at least 4 members (excludes halogenated alkanes) is 1. The lowest BCUT2D eigenvalue weighted by Gasteiger charge is -2.19. The van der Waals surface area contributed by atoms with Gasteiger partial charge in [-0.1, -0.05) is 58.6 Å². The zero-order valence-corrected chi connectivity index (χ0v) is 12.7. The Balaban J connectivity index is 2.27. The topological polar surface area (TPSA) is 23.8 Å². The summed E-state index contributed by atoms with van der Waals surface area (Å²) in [5.41, 5.74) is 2.11. The maximum absolute atomic E-state index is 8.76. The summed E-state index contributed by atoms with van der Waals surface area (Å²) in [6.07, 6.45) is 7.74. The van der Waals surface area contributed by atoms with Crippen LogP contribution in [0.5, 0.6) is 0 Å². The first kappa shape index (κ1) is 15.8. The molecule has 0 aliphatic heterocycles. The highest BCUT2D eigenvalue weighted by atomic mass is 14.2. The van der Waals surface area contributed by atoms with Crippen LogP contribution in [-0.2, 0) is 6.42 Å². The Morgan fingerprint density at radius 2 is 1.58 bits per heavy atom. The number of nitrogens with zero attached hydrogens (tertiary/aromatic N) is 1. The molecule has 0 aromatic heterocycles. The van der Waals surface area contributed by atoms with E-state index in [1.54, 1.807) is 0 Å². The van der Waals surface area contributed by atoms with E-state index in [9.17, 15) is 0 Å². The summed E-state index contributed by atoms with van der Waals surface area (Å²) in [6.45, 7) is 7.05. The molecule has 0 radical (unpaired) electrons. The summed E-state index contributed by atoms with van der Waals surface area (Å²) in [4.78, 5) is 0. The molecule has 2 unspecified atom stereocenters. The number of hydrogen-bond acceptors (Lipinski definition) is 1. The van der Waals surface area contributed by atoms with Crippen molar-refractivity contribution < 1.29 is 0 Å². The van der Waals surface area contributed by atoms with Gasteiger partial charge in [0.1, 0.15) is 0 Å². The largest absolute Gasteiger partial charge is 0.192 e. The fraction of sp³-hybridized carbons (Fsp3) is 0.611. The Hall–Kier alpha value is -1.29. The lowest BCUT2D eigenvalue weighted by Crippen LogP contribution is -2.08. The van der Waals surface area contributed by atoms with Crippen molar-refractivity contribution in [3.05, 3.63) is 35.4 Å². The second-order valence-electron chi connectivity index (χ2n) is 5.80. The van der Waals surface area contributed by atoms with Gasteiger partial charge in [0.25, 0.3) is 0 Å². The van der Waals surface area contributed by atoms with E-state index in [1.807, 2.05) is 12.1 Å². The zero-order valence-electron chi connectivity index (χ0n) is 12.7. The molecule has 0 heterocycles. The Morgan fingerprint density at radius 3 is 2.11 bits per heavy atom. The SMILES string of the molecule is CCCCC(C)C(C)CCCc1ccc(C#N)cc1. The van der Waals surface area contributed by atoms with Crippen molar-refractivity contribution >= 4 is 0 Å². The Kier molecular flexibility index (Phi) is 7.26. The van der Waals surface area contributed by atoms with E-state index in [2.05, 4.69) is 39.0 Å². The standard InChI is InChI=1S/C18H27N/c1-4-5-7-15(2)16(3)8-6-9-17-10-12-18(14-19)13-11-17/h10-13,15-16H,4-9H2,1-3H3. The normalized spacial score (nSPS) is 13.8. The van der Waals surface area contributed by atoms with E-state index in [0.29, 0.717) is 0 Å². The van der Waals surface area contributed by atoms with Crippen LogP contribution < -0.4 is 0 Å². The Labute approximate surface area is 118 Å². The van der Waals surface area contributed by atoms with Gasteiger partial charge < -0.3 is 0 Å². The van der Waals surface area contributed by atoms with E-state index in [0.717, 1.165) is 23.8 Å². The summed E-state index contributed by atoms with van der Waals surface area (Å²) < 4.78 is 0. The molecule has 0 saturated heterocycles. The fourth-order valence-electron chi connectivity index (χ4n) is 2.47. The predicted molar refractivity (Wildman–Crippen MR) is 81.9 cm³/mol. The number of aryl methyl sites for hydroxylation is 1. The highest BCUT2D eigenvalue weighted by molar-refractivity contribution is 5.31. The third-order valence-electron chi connectivity index (χ3n) is 4.19. The van der Waals surface area contributed by atoms with Crippen molar-refractivity contribution in [2.24, 2.45) is 11.8 Å². The fourth-order valence-corrected chi connectivity index (χ4v) is 2.47. The highest BCUT2D eigenvalue weighted by Crippen LogP contribution is 2.23. The molecule has 0 N–H and O–H groups in total. The van der Waals surface area contributed by atoms with Gasteiger partial charge in [0.15, 0.2) is 0 Å². The summed E-state index contributed by atoms with van der Waals surface area (Å²) in [6, 6.07) is 10.2. The quantitative estimate of drug-likeness (QED) is 0.616. The molecule has 0 spiro atoms. The van der Waals surface area contributed by atoms with Gasteiger partial charge >= 0.3 is 0 Å². The molecule has 19 heavy (non-hydrogen) atoms. The van der Waals surface area contributed by atoms with Crippen molar-refractivity contribution in [3.8, 4) is 6.07 Å². The highest BCUT2D eigenvalue weighted by Gasteiger charge is 2.11. The van der Waals surface area contributed by atoms with E-state index < -0.39 is 0 Å². The first-order chi connectivity index (χ1) is 9.17. The molecule has 1 aromatic rings. The average molecular weight is 257 g/mol. The number of hydrogen-bond donors (Lipinski definition) is 0. The molecule has 0 aliphatic carbocycles. The van der Waals surface area contributed by atoms with Crippen LogP contribution in [0.25, 0.3) is 0 Å². The molecule has 2 atom stereocenters. The monoisotopic (exact) mass is 257 g/mol. The number of benzene rings is 1. The lowest BCUT2D eigenvalue weighted by molar-refractivity contribution is 0.330. The Bertz CT molecular complexity index is 385. The molecular weight excluding hydrogens is 230 g/mol. The smallest absolute Gasteiger partial charge is 0.0991 e. The molecular formula is C18H27N. The van der Waals surface area contributed by atoms with Crippen LogP contribution in [0.4, 0.5) is 0 Å². The van der Waals surface area contributed by atoms with Gasteiger partial charge in [-0.05, 0) is 42.4 Å². The minimum Gasteiger partial charge on any atom is -0.192 e. The van der Waals surface area contributed by atoms with Crippen molar-refractivity contribution in [3.63, 3.8) is 0 Å². The van der Waals surface area contributed by atoms with Crippen LogP contribution in [0.3, 0.4) is 0 Å². The van der Waals surface area contributed by atoms with E-state index >= 15 is 0 Å². The van der Waals surface area contributed by atoms with Gasteiger partial charge in [0, 0.05) is 0 Å². The summed E-state index contributed by atoms with van der Waals surface area (Å²) >= 11 is 0. The number of rotatable bonds is 8. The molecule has 0 saturated carbocycles. The first-order valence-electron chi connectivity index (χ1n) is 7.66. The van der Waals surface area contributed by atoms with E-state index in [-0.39, 0.29) is 0 Å². The average Bonchev–Trinajstić information content (AvgIpc) is 2.45. The molecule has 0 fully saturated rings. The molecule has 104 valence electrons.